The average Bonchev–Trinajstić information content (AvgIpc) is 2.04. The van der Waals surface area contributed by atoms with Gasteiger partial charge in [-0.25, -0.2) is 0 Å². The molecule has 0 amide bonds. The fourth-order valence-corrected chi connectivity index (χ4v) is 1.74. The van der Waals surface area contributed by atoms with Gasteiger partial charge in [-0.2, -0.15) is 0 Å². The summed E-state index contributed by atoms with van der Waals surface area (Å²) in [4.78, 5) is 0. The van der Waals surface area contributed by atoms with Gasteiger partial charge in [-0.3, -0.25) is 0 Å². The van der Waals surface area contributed by atoms with Crippen LogP contribution in [0.4, 0.5) is 0 Å². The van der Waals surface area contributed by atoms with E-state index in [1.807, 2.05) is 0 Å². The molecule has 0 heterocycles. The molecule has 74 valence electrons. The monoisotopic (exact) mass is 178 g/mol. The van der Waals surface area contributed by atoms with Gasteiger partial charge in [0.1, 0.15) is 0 Å². The van der Waals surface area contributed by atoms with Crippen molar-refractivity contribution < 1.29 is 0 Å². The number of hydrogen-bond acceptors (Lipinski definition) is 0. The van der Waals surface area contributed by atoms with E-state index in [1.165, 1.54) is 32.1 Å². The van der Waals surface area contributed by atoms with Gasteiger partial charge in [0, 0.05) is 0 Å². The van der Waals surface area contributed by atoms with Crippen LogP contribution in [0.2, 0.25) is 0 Å². The molecule has 0 radical (unpaired) electrons. The van der Waals surface area contributed by atoms with Crippen molar-refractivity contribution in [1.29, 1.82) is 0 Å². The van der Waals surface area contributed by atoms with Crippen LogP contribution in [0.3, 0.4) is 0 Å². The van der Waals surface area contributed by atoms with Crippen LogP contribution >= 0.6 is 0 Å². The Bertz CT molecular complexity index is 193. The van der Waals surface area contributed by atoms with Gasteiger partial charge in [0.15, 0.2) is 0 Å². The average molecular weight is 178 g/mol. The van der Waals surface area contributed by atoms with Gasteiger partial charge in [-0.15, -0.1) is 5.73 Å². The van der Waals surface area contributed by atoms with Gasteiger partial charge in [0.25, 0.3) is 0 Å². The largest absolute Gasteiger partial charge is 0.129 e. The predicted octanol–water partition coefficient (Wildman–Crippen LogP) is 4.32. The molecular weight excluding hydrogens is 156 g/mol. The third-order valence-electron chi connectivity index (χ3n) is 2.50. The Kier molecular flexibility index (Phi) is 3.81. The fourth-order valence-electron chi connectivity index (χ4n) is 1.74. The second-order valence-corrected chi connectivity index (χ2v) is 5.24. The van der Waals surface area contributed by atoms with Crippen molar-refractivity contribution in [3.8, 4) is 0 Å². The van der Waals surface area contributed by atoms with E-state index < -0.39 is 0 Å². The first-order valence-electron chi connectivity index (χ1n) is 5.52. The minimum atomic E-state index is 0.283. The van der Waals surface area contributed by atoms with E-state index in [9.17, 15) is 0 Å². The molecule has 0 nitrogen and oxygen atoms in total. The van der Waals surface area contributed by atoms with Crippen LogP contribution < -0.4 is 0 Å². The summed E-state index contributed by atoms with van der Waals surface area (Å²) in [6.07, 6.45) is 11.5. The van der Waals surface area contributed by atoms with Crippen LogP contribution in [0.5, 0.6) is 0 Å². The molecule has 1 aliphatic rings. The Balaban J connectivity index is 2.42. The summed E-state index contributed by atoms with van der Waals surface area (Å²) < 4.78 is 0. The highest BCUT2D eigenvalue weighted by molar-refractivity contribution is 4.96. The van der Waals surface area contributed by atoms with Gasteiger partial charge >= 0.3 is 0 Å². The molecule has 0 aromatic heterocycles. The first kappa shape index (κ1) is 10.6. The minimum Gasteiger partial charge on any atom is -0.129 e. The molecule has 1 aliphatic carbocycles. The predicted molar refractivity (Wildman–Crippen MR) is 58.7 cm³/mol. The van der Waals surface area contributed by atoms with Gasteiger partial charge in [-0.1, -0.05) is 40.0 Å². The molecule has 1 saturated carbocycles. The second-order valence-electron chi connectivity index (χ2n) is 5.24. The molecule has 0 unspecified atom stereocenters. The lowest BCUT2D eigenvalue weighted by Crippen LogP contribution is -2.02. The van der Waals surface area contributed by atoms with Crippen molar-refractivity contribution in [2.24, 2.45) is 11.3 Å². The van der Waals surface area contributed by atoms with Crippen molar-refractivity contribution in [2.45, 2.75) is 52.9 Å². The van der Waals surface area contributed by atoms with Crippen LogP contribution in [0, 0.1) is 11.3 Å². The van der Waals surface area contributed by atoms with Crippen molar-refractivity contribution in [3.05, 3.63) is 17.9 Å². The van der Waals surface area contributed by atoms with Gasteiger partial charge < -0.3 is 0 Å². The third-order valence-corrected chi connectivity index (χ3v) is 2.50. The highest BCUT2D eigenvalue weighted by Gasteiger charge is 2.09. The summed E-state index contributed by atoms with van der Waals surface area (Å²) in [6, 6.07) is 0. The van der Waals surface area contributed by atoms with Crippen molar-refractivity contribution in [3.63, 3.8) is 0 Å². The summed E-state index contributed by atoms with van der Waals surface area (Å²) in [5.74, 6) is 0.812. The van der Waals surface area contributed by atoms with Crippen molar-refractivity contribution in [1.82, 2.24) is 0 Å². The van der Waals surface area contributed by atoms with Crippen LogP contribution in [-0.4, -0.2) is 0 Å². The van der Waals surface area contributed by atoms with E-state index in [0.29, 0.717) is 0 Å². The number of allylic oxidation sites excluding steroid dienone is 1. The molecule has 0 spiro atoms. The molecule has 0 N–H and O–H groups in total. The Morgan fingerprint density at radius 3 is 2.23 bits per heavy atom. The Morgan fingerprint density at radius 1 is 1.08 bits per heavy atom. The lowest BCUT2D eigenvalue weighted by molar-refractivity contribution is 0.419. The molecule has 0 aromatic rings. The van der Waals surface area contributed by atoms with Gasteiger partial charge in [0.2, 0.25) is 0 Å². The second kappa shape index (κ2) is 4.67. The van der Waals surface area contributed by atoms with Crippen LogP contribution in [-0.2, 0) is 0 Å². The highest BCUT2D eigenvalue weighted by Crippen LogP contribution is 2.24. The summed E-state index contributed by atoms with van der Waals surface area (Å²) >= 11 is 0. The van der Waals surface area contributed by atoms with Crippen molar-refractivity contribution in [2.75, 3.05) is 0 Å². The Hall–Kier alpha value is -0.480. The van der Waals surface area contributed by atoms with E-state index in [-0.39, 0.29) is 5.41 Å². The van der Waals surface area contributed by atoms with Crippen LogP contribution in [0.25, 0.3) is 0 Å². The smallest absolute Gasteiger partial charge is 0.0127 e. The van der Waals surface area contributed by atoms with E-state index >= 15 is 0 Å². The highest BCUT2D eigenvalue weighted by atomic mass is 14.1. The van der Waals surface area contributed by atoms with Gasteiger partial charge in [-0.05, 0) is 36.3 Å². The molecule has 0 saturated heterocycles. The number of hydrogen-bond donors (Lipinski definition) is 0. The zero-order chi connectivity index (χ0) is 9.73. The normalized spacial score (nSPS) is 19.3. The molecule has 0 aromatic carbocycles. The van der Waals surface area contributed by atoms with Crippen LogP contribution in [0.1, 0.15) is 52.9 Å². The topological polar surface area (TPSA) is 0 Å². The summed E-state index contributed by atoms with van der Waals surface area (Å²) in [5.41, 5.74) is 3.63. The first-order chi connectivity index (χ1) is 6.08. The Labute approximate surface area is 82.7 Å². The summed E-state index contributed by atoms with van der Waals surface area (Å²) in [6.45, 7) is 6.65. The van der Waals surface area contributed by atoms with E-state index in [1.54, 1.807) is 0 Å². The molecule has 13 heavy (non-hydrogen) atoms. The summed E-state index contributed by atoms with van der Waals surface area (Å²) in [5, 5.41) is 0. The molecule has 0 atom stereocenters. The maximum atomic E-state index is 3.35. The zero-order valence-electron chi connectivity index (χ0n) is 9.27. The first-order valence-corrected chi connectivity index (χ1v) is 5.52. The molecule has 1 fully saturated rings. The maximum absolute atomic E-state index is 3.35. The molecule has 0 aliphatic heterocycles. The maximum Gasteiger partial charge on any atom is -0.0127 e. The molecule has 0 bridgehead atoms. The Morgan fingerprint density at radius 2 is 1.69 bits per heavy atom. The van der Waals surface area contributed by atoms with E-state index in [2.05, 4.69) is 38.7 Å². The minimum absolute atomic E-state index is 0.283. The fraction of sp³-hybridized carbons (Fsp3) is 0.769. The lowest BCUT2D eigenvalue weighted by Gasteiger charge is -2.16. The third kappa shape index (κ3) is 4.95. The van der Waals surface area contributed by atoms with E-state index in [4.69, 9.17) is 0 Å². The SMILES string of the molecule is CC(C)(C)C=C=CC1CCCCC1. The lowest BCUT2D eigenvalue weighted by atomic mass is 9.89. The molecule has 1 rings (SSSR count). The quantitative estimate of drug-likeness (QED) is 0.524. The van der Waals surface area contributed by atoms with Crippen LogP contribution in [0.15, 0.2) is 17.9 Å². The number of rotatable bonds is 1. The summed E-state index contributed by atoms with van der Waals surface area (Å²) in [7, 11) is 0. The van der Waals surface area contributed by atoms with E-state index in [0.717, 1.165) is 5.92 Å². The van der Waals surface area contributed by atoms with Gasteiger partial charge in [0.05, 0.1) is 0 Å². The molecular formula is C13H22. The molecule has 0 heteroatoms. The van der Waals surface area contributed by atoms with Crippen molar-refractivity contribution >= 4 is 0 Å². The standard InChI is InChI=1S/C13H22/c1-13(2,3)11-7-10-12-8-5-4-6-9-12/h10-12H,4-6,8-9H2,1-3H3. The zero-order valence-corrected chi connectivity index (χ0v) is 9.27.